The Kier molecular flexibility index (Phi) is 2.93. The Morgan fingerprint density at radius 1 is 1.40 bits per heavy atom. The summed E-state index contributed by atoms with van der Waals surface area (Å²) in [6.07, 6.45) is 1.47. The van der Waals surface area contributed by atoms with Gasteiger partial charge in [-0.15, -0.1) is 0 Å². The molecule has 0 saturated heterocycles. The SMILES string of the molecule is Cc1cc(NC(=O)NC2(c3ccccc3F)CC2)n[nH]1. The lowest BCUT2D eigenvalue weighted by molar-refractivity contribution is 0.247. The monoisotopic (exact) mass is 274 g/mol. The van der Waals surface area contributed by atoms with Gasteiger partial charge in [0.2, 0.25) is 0 Å². The topological polar surface area (TPSA) is 69.8 Å². The molecule has 1 aliphatic rings. The summed E-state index contributed by atoms with van der Waals surface area (Å²) in [5.41, 5.74) is 0.810. The Morgan fingerprint density at radius 2 is 2.15 bits per heavy atom. The molecule has 1 heterocycles. The van der Waals surface area contributed by atoms with Crippen LogP contribution in [0.2, 0.25) is 0 Å². The van der Waals surface area contributed by atoms with Crippen LogP contribution < -0.4 is 10.6 Å². The molecule has 0 unspecified atom stereocenters. The van der Waals surface area contributed by atoms with Crippen molar-refractivity contribution in [2.24, 2.45) is 0 Å². The number of benzene rings is 1. The lowest BCUT2D eigenvalue weighted by Crippen LogP contribution is -2.38. The van der Waals surface area contributed by atoms with Gasteiger partial charge in [0.05, 0.1) is 5.54 Å². The second-order valence-electron chi connectivity index (χ2n) is 5.08. The summed E-state index contributed by atoms with van der Waals surface area (Å²) in [7, 11) is 0. The van der Waals surface area contributed by atoms with E-state index in [4.69, 9.17) is 0 Å². The molecule has 6 heteroatoms. The first-order chi connectivity index (χ1) is 9.59. The first-order valence-electron chi connectivity index (χ1n) is 6.45. The fraction of sp³-hybridized carbons (Fsp3) is 0.286. The summed E-state index contributed by atoms with van der Waals surface area (Å²) < 4.78 is 13.8. The van der Waals surface area contributed by atoms with E-state index in [0.29, 0.717) is 11.4 Å². The van der Waals surface area contributed by atoms with Crippen LogP contribution in [0.3, 0.4) is 0 Å². The number of carbonyl (C=O) groups excluding carboxylic acids is 1. The third-order valence-corrected chi connectivity index (χ3v) is 3.44. The van der Waals surface area contributed by atoms with E-state index in [1.807, 2.05) is 6.92 Å². The zero-order valence-corrected chi connectivity index (χ0v) is 11.0. The van der Waals surface area contributed by atoms with Crippen LogP contribution in [0.25, 0.3) is 0 Å². The molecule has 0 spiro atoms. The Bertz CT molecular complexity index is 648. The van der Waals surface area contributed by atoms with Crippen LogP contribution in [0, 0.1) is 12.7 Å². The highest BCUT2D eigenvalue weighted by molar-refractivity contribution is 5.89. The molecule has 0 aliphatic heterocycles. The molecule has 2 aromatic rings. The van der Waals surface area contributed by atoms with E-state index < -0.39 is 5.54 Å². The number of urea groups is 1. The molecule has 1 aromatic carbocycles. The third kappa shape index (κ3) is 2.36. The van der Waals surface area contributed by atoms with Gasteiger partial charge in [0, 0.05) is 17.3 Å². The molecule has 104 valence electrons. The van der Waals surface area contributed by atoms with E-state index in [1.165, 1.54) is 6.07 Å². The second-order valence-corrected chi connectivity index (χ2v) is 5.08. The van der Waals surface area contributed by atoms with Crippen molar-refractivity contribution in [2.45, 2.75) is 25.3 Å². The summed E-state index contributed by atoms with van der Waals surface area (Å²) >= 11 is 0. The van der Waals surface area contributed by atoms with E-state index >= 15 is 0 Å². The number of nitrogens with one attached hydrogen (secondary N) is 3. The predicted octanol–water partition coefficient (Wildman–Crippen LogP) is 2.67. The number of rotatable bonds is 3. The highest BCUT2D eigenvalue weighted by Crippen LogP contribution is 2.46. The standard InChI is InChI=1S/C14H15FN4O/c1-9-8-12(19-18-9)16-13(20)17-14(6-7-14)10-4-2-3-5-11(10)15/h2-5,8H,6-7H2,1H3,(H3,16,17,18,19,20). The van der Waals surface area contributed by atoms with Crippen LogP contribution in [0.15, 0.2) is 30.3 Å². The van der Waals surface area contributed by atoms with Gasteiger partial charge in [0.15, 0.2) is 5.82 Å². The average Bonchev–Trinajstić information content (AvgIpc) is 3.06. The van der Waals surface area contributed by atoms with Gasteiger partial charge < -0.3 is 5.32 Å². The molecule has 20 heavy (non-hydrogen) atoms. The molecular weight excluding hydrogens is 259 g/mol. The molecule has 0 bridgehead atoms. The van der Waals surface area contributed by atoms with Crippen LogP contribution in [-0.4, -0.2) is 16.2 Å². The number of halogens is 1. The van der Waals surface area contributed by atoms with Gasteiger partial charge in [-0.05, 0) is 25.8 Å². The van der Waals surface area contributed by atoms with E-state index in [-0.39, 0.29) is 11.8 Å². The average molecular weight is 274 g/mol. The number of aromatic nitrogens is 2. The highest BCUT2D eigenvalue weighted by Gasteiger charge is 2.47. The number of H-pyrrole nitrogens is 1. The number of anilines is 1. The maximum absolute atomic E-state index is 13.8. The minimum Gasteiger partial charge on any atom is -0.328 e. The Morgan fingerprint density at radius 3 is 2.75 bits per heavy atom. The van der Waals surface area contributed by atoms with Crippen molar-refractivity contribution < 1.29 is 9.18 Å². The maximum atomic E-state index is 13.8. The molecule has 3 N–H and O–H groups in total. The minimum atomic E-state index is -0.583. The van der Waals surface area contributed by atoms with E-state index in [1.54, 1.807) is 24.3 Å². The van der Waals surface area contributed by atoms with Crippen molar-refractivity contribution in [3.63, 3.8) is 0 Å². The van der Waals surface area contributed by atoms with Crippen molar-refractivity contribution in [3.8, 4) is 0 Å². The Hall–Kier alpha value is -2.37. The maximum Gasteiger partial charge on any atom is 0.321 e. The van der Waals surface area contributed by atoms with E-state index in [0.717, 1.165) is 18.5 Å². The fourth-order valence-electron chi connectivity index (χ4n) is 2.28. The molecule has 0 radical (unpaired) electrons. The highest BCUT2D eigenvalue weighted by atomic mass is 19.1. The van der Waals surface area contributed by atoms with Gasteiger partial charge in [0.25, 0.3) is 0 Å². The number of hydrogen-bond acceptors (Lipinski definition) is 2. The molecule has 1 aromatic heterocycles. The number of amides is 2. The van der Waals surface area contributed by atoms with Crippen LogP contribution in [0.5, 0.6) is 0 Å². The van der Waals surface area contributed by atoms with Gasteiger partial charge in [-0.3, -0.25) is 10.4 Å². The van der Waals surface area contributed by atoms with Crippen molar-refractivity contribution in [1.82, 2.24) is 15.5 Å². The normalized spacial score (nSPS) is 15.7. The quantitative estimate of drug-likeness (QED) is 0.805. The van der Waals surface area contributed by atoms with Crippen molar-refractivity contribution in [1.29, 1.82) is 0 Å². The van der Waals surface area contributed by atoms with E-state index in [2.05, 4.69) is 20.8 Å². The molecule has 2 amide bonds. The van der Waals surface area contributed by atoms with Crippen LogP contribution in [0.4, 0.5) is 15.0 Å². The third-order valence-electron chi connectivity index (χ3n) is 3.44. The summed E-state index contributed by atoms with van der Waals surface area (Å²) in [5, 5.41) is 12.1. The zero-order chi connectivity index (χ0) is 14.2. The summed E-state index contributed by atoms with van der Waals surface area (Å²) in [5.74, 6) is 0.158. The predicted molar refractivity (Wildman–Crippen MR) is 72.8 cm³/mol. The fourth-order valence-corrected chi connectivity index (χ4v) is 2.28. The van der Waals surface area contributed by atoms with Crippen LogP contribution >= 0.6 is 0 Å². The summed E-state index contributed by atoms with van der Waals surface area (Å²) in [4.78, 5) is 12.0. The summed E-state index contributed by atoms with van der Waals surface area (Å²) in [6.45, 7) is 1.85. The molecule has 1 aliphatic carbocycles. The number of aromatic amines is 1. The minimum absolute atomic E-state index is 0.291. The molecule has 1 saturated carbocycles. The number of hydrogen-bond donors (Lipinski definition) is 3. The molecule has 3 rings (SSSR count). The van der Waals surface area contributed by atoms with E-state index in [9.17, 15) is 9.18 Å². The zero-order valence-electron chi connectivity index (χ0n) is 11.0. The van der Waals surface area contributed by atoms with Gasteiger partial charge in [0.1, 0.15) is 5.82 Å². The lowest BCUT2D eigenvalue weighted by atomic mass is 10.0. The largest absolute Gasteiger partial charge is 0.328 e. The van der Waals surface area contributed by atoms with Crippen LogP contribution in [0.1, 0.15) is 24.1 Å². The summed E-state index contributed by atoms with van der Waals surface area (Å²) in [6, 6.07) is 7.88. The van der Waals surface area contributed by atoms with Gasteiger partial charge in [-0.1, -0.05) is 18.2 Å². The van der Waals surface area contributed by atoms with Crippen molar-refractivity contribution in [3.05, 3.63) is 47.4 Å². The van der Waals surface area contributed by atoms with Gasteiger partial charge >= 0.3 is 6.03 Å². The molecule has 0 atom stereocenters. The molecule has 5 nitrogen and oxygen atoms in total. The number of aryl methyl sites for hydroxylation is 1. The van der Waals surface area contributed by atoms with Gasteiger partial charge in [-0.25, -0.2) is 9.18 Å². The van der Waals surface area contributed by atoms with Crippen molar-refractivity contribution in [2.75, 3.05) is 5.32 Å². The molecular formula is C14H15FN4O. The molecule has 1 fully saturated rings. The smallest absolute Gasteiger partial charge is 0.321 e. The van der Waals surface area contributed by atoms with Gasteiger partial charge in [-0.2, -0.15) is 5.10 Å². The van der Waals surface area contributed by atoms with Crippen LogP contribution in [-0.2, 0) is 5.54 Å². The Labute approximate surface area is 115 Å². The first-order valence-corrected chi connectivity index (χ1v) is 6.45. The lowest BCUT2D eigenvalue weighted by Gasteiger charge is -2.18. The Balaban J connectivity index is 1.71. The first kappa shape index (κ1) is 12.7. The number of carbonyl (C=O) groups is 1. The number of nitrogens with zero attached hydrogens (tertiary/aromatic N) is 1. The van der Waals surface area contributed by atoms with Crippen molar-refractivity contribution >= 4 is 11.8 Å². The second kappa shape index (κ2) is 4.63.